The third-order valence-corrected chi connectivity index (χ3v) is 2.82. The summed E-state index contributed by atoms with van der Waals surface area (Å²) in [5.74, 6) is 0.877. The molecule has 0 atom stereocenters. The lowest BCUT2D eigenvalue weighted by atomic mass is 10.0. The number of hydrogen-bond acceptors (Lipinski definition) is 2. The zero-order chi connectivity index (χ0) is 12.1. The van der Waals surface area contributed by atoms with Crippen LogP contribution in [-0.4, -0.2) is 19.9 Å². The van der Waals surface area contributed by atoms with Gasteiger partial charge in [-0.3, -0.25) is 4.99 Å². The molecule has 2 nitrogen and oxygen atoms in total. The molecule has 0 aromatic heterocycles. The minimum atomic E-state index is 0.877. The molecule has 0 radical (unpaired) electrons. The second kappa shape index (κ2) is 5.50. The Morgan fingerprint density at radius 1 is 1.31 bits per heavy atom. The molecule has 1 rings (SSSR count). The van der Waals surface area contributed by atoms with Crippen molar-refractivity contribution in [2.24, 2.45) is 4.99 Å². The van der Waals surface area contributed by atoms with E-state index in [2.05, 4.69) is 36.2 Å². The quantitative estimate of drug-likeness (QED) is 0.709. The molecule has 0 amide bonds. The van der Waals surface area contributed by atoms with Gasteiger partial charge >= 0.3 is 0 Å². The highest BCUT2D eigenvalue weighted by Crippen LogP contribution is 2.24. The van der Waals surface area contributed by atoms with Crippen molar-refractivity contribution in [3.63, 3.8) is 0 Å². The van der Waals surface area contributed by atoms with E-state index in [1.165, 1.54) is 11.1 Å². The molecule has 1 aromatic rings. The maximum Gasteiger partial charge on any atom is 0.128 e. The standard InChI is InChI=1S/C14H19NO/c1-6-10(2)12-7-8-13(11(3)15-4)14(9-12)16-5/h6-9H,1-5H3/b10-6+,15-11?. The Labute approximate surface area is 97.7 Å². The summed E-state index contributed by atoms with van der Waals surface area (Å²) in [7, 11) is 3.48. The van der Waals surface area contributed by atoms with E-state index in [-0.39, 0.29) is 0 Å². The van der Waals surface area contributed by atoms with Gasteiger partial charge in [0.25, 0.3) is 0 Å². The molecule has 0 N–H and O–H groups in total. The molecule has 0 heterocycles. The van der Waals surface area contributed by atoms with E-state index in [9.17, 15) is 0 Å². The topological polar surface area (TPSA) is 21.6 Å². The van der Waals surface area contributed by atoms with Crippen LogP contribution in [0.5, 0.6) is 5.75 Å². The summed E-state index contributed by atoms with van der Waals surface area (Å²) in [5.41, 5.74) is 4.47. The number of hydrogen-bond donors (Lipinski definition) is 0. The molecular formula is C14H19NO. The van der Waals surface area contributed by atoms with Gasteiger partial charge in [0.15, 0.2) is 0 Å². The fourth-order valence-corrected chi connectivity index (χ4v) is 1.52. The number of benzene rings is 1. The molecule has 0 aliphatic heterocycles. The Hall–Kier alpha value is -1.57. The minimum Gasteiger partial charge on any atom is -0.496 e. The van der Waals surface area contributed by atoms with Crippen LogP contribution in [-0.2, 0) is 0 Å². The smallest absolute Gasteiger partial charge is 0.128 e. The van der Waals surface area contributed by atoms with Gasteiger partial charge in [-0.2, -0.15) is 0 Å². The fourth-order valence-electron chi connectivity index (χ4n) is 1.52. The van der Waals surface area contributed by atoms with E-state index >= 15 is 0 Å². The molecule has 0 aliphatic carbocycles. The van der Waals surface area contributed by atoms with Gasteiger partial charge in [0.1, 0.15) is 5.75 Å². The van der Waals surface area contributed by atoms with Gasteiger partial charge in [0, 0.05) is 18.3 Å². The van der Waals surface area contributed by atoms with Crippen molar-refractivity contribution in [3.05, 3.63) is 35.4 Å². The van der Waals surface area contributed by atoms with Gasteiger partial charge < -0.3 is 4.74 Å². The number of ether oxygens (including phenoxy) is 1. The Morgan fingerprint density at radius 2 is 2.00 bits per heavy atom. The van der Waals surface area contributed by atoms with E-state index in [1.807, 2.05) is 13.8 Å². The Morgan fingerprint density at radius 3 is 2.50 bits per heavy atom. The maximum atomic E-state index is 5.40. The van der Waals surface area contributed by atoms with Crippen LogP contribution in [0.15, 0.2) is 29.3 Å². The van der Waals surface area contributed by atoms with Gasteiger partial charge in [-0.05, 0) is 44.0 Å². The van der Waals surface area contributed by atoms with Crippen molar-refractivity contribution < 1.29 is 4.74 Å². The first-order valence-electron chi connectivity index (χ1n) is 5.39. The Balaban J connectivity index is 3.27. The summed E-state index contributed by atoms with van der Waals surface area (Å²) >= 11 is 0. The third kappa shape index (κ3) is 2.51. The first kappa shape index (κ1) is 12.5. The van der Waals surface area contributed by atoms with Crippen molar-refractivity contribution >= 4 is 11.3 Å². The molecule has 1 aromatic carbocycles. The lowest BCUT2D eigenvalue weighted by molar-refractivity contribution is 0.414. The molecule has 0 aliphatic rings. The number of aliphatic imine (C=N–C) groups is 1. The maximum absolute atomic E-state index is 5.40. The van der Waals surface area contributed by atoms with Crippen LogP contribution in [0.4, 0.5) is 0 Å². The SMILES string of the molecule is C/C=C(\C)c1ccc(C(C)=NC)c(OC)c1. The second-order valence-corrected chi connectivity index (χ2v) is 3.70. The molecule has 86 valence electrons. The zero-order valence-corrected chi connectivity index (χ0v) is 10.7. The van der Waals surface area contributed by atoms with E-state index in [1.54, 1.807) is 14.2 Å². The van der Waals surface area contributed by atoms with Crippen LogP contribution in [0.3, 0.4) is 0 Å². The highest BCUT2D eigenvalue weighted by molar-refractivity contribution is 6.01. The Kier molecular flexibility index (Phi) is 4.29. The van der Waals surface area contributed by atoms with E-state index in [4.69, 9.17) is 4.74 Å². The minimum absolute atomic E-state index is 0.877. The summed E-state index contributed by atoms with van der Waals surface area (Å²) in [6, 6.07) is 6.21. The molecule has 0 fully saturated rings. The van der Waals surface area contributed by atoms with Crippen LogP contribution in [0.2, 0.25) is 0 Å². The number of allylic oxidation sites excluding steroid dienone is 2. The molecule has 0 unspecified atom stereocenters. The second-order valence-electron chi connectivity index (χ2n) is 3.70. The van der Waals surface area contributed by atoms with Gasteiger partial charge in [-0.15, -0.1) is 0 Å². The summed E-state index contributed by atoms with van der Waals surface area (Å²) in [4.78, 5) is 4.18. The summed E-state index contributed by atoms with van der Waals surface area (Å²) in [6.45, 7) is 6.11. The monoisotopic (exact) mass is 217 g/mol. The zero-order valence-electron chi connectivity index (χ0n) is 10.7. The molecule has 16 heavy (non-hydrogen) atoms. The van der Waals surface area contributed by atoms with Crippen molar-refractivity contribution in [2.75, 3.05) is 14.2 Å². The fraction of sp³-hybridized carbons (Fsp3) is 0.357. The van der Waals surface area contributed by atoms with Gasteiger partial charge in [-0.1, -0.05) is 12.1 Å². The molecule has 0 saturated heterocycles. The number of methoxy groups -OCH3 is 1. The van der Waals surface area contributed by atoms with E-state index < -0.39 is 0 Å². The lowest BCUT2D eigenvalue weighted by Crippen LogP contribution is -1.99. The summed E-state index contributed by atoms with van der Waals surface area (Å²) in [6.07, 6.45) is 2.09. The van der Waals surface area contributed by atoms with Crippen LogP contribution in [0.25, 0.3) is 5.57 Å². The van der Waals surface area contributed by atoms with Crippen molar-refractivity contribution in [3.8, 4) is 5.75 Å². The van der Waals surface area contributed by atoms with E-state index in [0.29, 0.717) is 0 Å². The number of nitrogens with zero attached hydrogens (tertiary/aromatic N) is 1. The summed E-state index contributed by atoms with van der Waals surface area (Å²) in [5, 5.41) is 0. The predicted molar refractivity (Wildman–Crippen MR) is 70.5 cm³/mol. The largest absolute Gasteiger partial charge is 0.496 e. The van der Waals surface area contributed by atoms with Crippen molar-refractivity contribution in [1.29, 1.82) is 0 Å². The third-order valence-electron chi connectivity index (χ3n) is 2.82. The van der Waals surface area contributed by atoms with Crippen LogP contribution >= 0.6 is 0 Å². The highest BCUT2D eigenvalue weighted by Gasteiger charge is 2.07. The van der Waals surface area contributed by atoms with Crippen LogP contribution in [0, 0.1) is 0 Å². The van der Waals surface area contributed by atoms with Gasteiger partial charge in [0.2, 0.25) is 0 Å². The van der Waals surface area contributed by atoms with Crippen molar-refractivity contribution in [1.82, 2.24) is 0 Å². The van der Waals surface area contributed by atoms with Crippen molar-refractivity contribution in [2.45, 2.75) is 20.8 Å². The number of rotatable bonds is 3. The lowest BCUT2D eigenvalue weighted by Gasteiger charge is -2.10. The average Bonchev–Trinajstić information content (AvgIpc) is 2.35. The normalized spacial score (nSPS) is 12.8. The molecule has 2 heteroatoms. The predicted octanol–water partition coefficient (Wildman–Crippen LogP) is 3.56. The van der Waals surface area contributed by atoms with Gasteiger partial charge in [0.05, 0.1) is 7.11 Å². The Bertz CT molecular complexity index is 430. The molecule has 0 spiro atoms. The summed E-state index contributed by atoms with van der Waals surface area (Å²) < 4.78 is 5.40. The average molecular weight is 217 g/mol. The van der Waals surface area contributed by atoms with Gasteiger partial charge in [-0.25, -0.2) is 0 Å². The van der Waals surface area contributed by atoms with Crippen LogP contribution in [0.1, 0.15) is 31.9 Å². The van der Waals surface area contributed by atoms with E-state index in [0.717, 1.165) is 17.0 Å². The molecular weight excluding hydrogens is 198 g/mol. The first-order valence-corrected chi connectivity index (χ1v) is 5.39. The molecule has 0 saturated carbocycles. The van der Waals surface area contributed by atoms with Crippen LogP contribution < -0.4 is 4.74 Å². The highest BCUT2D eigenvalue weighted by atomic mass is 16.5. The molecule has 0 bridgehead atoms. The first-order chi connectivity index (χ1) is 7.63.